The maximum Gasteiger partial charge on any atom is 0.302 e. The Labute approximate surface area is 90.2 Å². The van der Waals surface area contributed by atoms with Crippen molar-refractivity contribution in [2.45, 2.75) is 33.0 Å². The second-order valence-corrected chi connectivity index (χ2v) is 3.56. The van der Waals surface area contributed by atoms with E-state index >= 15 is 0 Å². The van der Waals surface area contributed by atoms with Gasteiger partial charge < -0.3 is 14.2 Å². The van der Waals surface area contributed by atoms with Crippen molar-refractivity contribution in [3.63, 3.8) is 0 Å². The van der Waals surface area contributed by atoms with Crippen LogP contribution in [0.4, 0.5) is 0 Å². The van der Waals surface area contributed by atoms with Crippen LogP contribution in [0.3, 0.4) is 0 Å². The fourth-order valence-corrected chi connectivity index (χ4v) is 1.32. The van der Waals surface area contributed by atoms with Crippen LogP contribution in [0.2, 0.25) is 0 Å². The van der Waals surface area contributed by atoms with Crippen LogP contribution >= 0.6 is 0 Å². The number of esters is 1. The van der Waals surface area contributed by atoms with Gasteiger partial charge in [0.25, 0.3) is 0 Å². The smallest absolute Gasteiger partial charge is 0.302 e. The molecule has 4 nitrogen and oxygen atoms in total. The summed E-state index contributed by atoms with van der Waals surface area (Å²) in [6.45, 7) is 5.16. The number of allylic oxidation sites excluding steroid dienone is 1. The molecule has 0 radical (unpaired) electrons. The van der Waals surface area contributed by atoms with Crippen molar-refractivity contribution in [1.82, 2.24) is 0 Å². The number of carbonyl (C=O) groups is 1. The molecule has 0 aromatic rings. The highest BCUT2D eigenvalue weighted by Crippen LogP contribution is 2.13. The molecule has 1 aliphatic heterocycles. The Bertz CT molecular complexity index is 229. The maximum absolute atomic E-state index is 10.5. The van der Waals surface area contributed by atoms with Crippen LogP contribution in [0.1, 0.15) is 26.7 Å². The molecular weight excluding hydrogens is 196 g/mol. The third-order valence-corrected chi connectivity index (χ3v) is 2.18. The summed E-state index contributed by atoms with van der Waals surface area (Å²) in [7, 11) is 0. The van der Waals surface area contributed by atoms with Crippen LogP contribution in [0, 0.1) is 0 Å². The molecule has 4 heteroatoms. The molecule has 0 bridgehead atoms. The van der Waals surface area contributed by atoms with Gasteiger partial charge >= 0.3 is 5.97 Å². The van der Waals surface area contributed by atoms with E-state index in [1.165, 1.54) is 12.5 Å². The Morgan fingerprint density at radius 1 is 1.40 bits per heavy atom. The number of ether oxygens (including phenoxy) is 3. The van der Waals surface area contributed by atoms with Gasteiger partial charge in [0, 0.05) is 13.3 Å². The summed E-state index contributed by atoms with van der Waals surface area (Å²) in [5, 5.41) is 0. The lowest BCUT2D eigenvalue weighted by atomic mass is 10.1. The predicted octanol–water partition coefficient (Wildman–Crippen LogP) is 1.65. The lowest BCUT2D eigenvalue weighted by molar-refractivity contribution is -0.139. The van der Waals surface area contributed by atoms with Crippen molar-refractivity contribution in [3.8, 4) is 0 Å². The van der Waals surface area contributed by atoms with E-state index in [2.05, 4.69) is 0 Å². The van der Waals surface area contributed by atoms with Crippen LogP contribution in [-0.2, 0) is 19.0 Å². The fourth-order valence-electron chi connectivity index (χ4n) is 1.32. The largest absolute Gasteiger partial charge is 0.462 e. The summed E-state index contributed by atoms with van der Waals surface area (Å²) in [5.41, 5.74) is 1.19. The molecule has 0 aromatic heterocycles. The van der Waals surface area contributed by atoms with E-state index in [-0.39, 0.29) is 12.3 Å². The standard InChI is InChI=1S/C11H18O4/c1-9(5-6-13-10(2)12)3-4-11-14-7-8-15-11/h5,11H,3-4,6-8H2,1-2H3/b9-5-. The summed E-state index contributed by atoms with van der Waals surface area (Å²) in [5.74, 6) is -0.249. The normalized spacial score (nSPS) is 18.1. The van der Waals surface area contributed by atoms with Gasteiger partial charge in [-0.2, -0.15) is 0 Å². The van der Waals surface area contributed by atoms with Crippen LogP contribution in [0.15, 0.2) is 11.6 Å². The third kappa shape index (κ3) is 5.54. The summed E-state index contributed by atoms with van der Waals surface area (Å²) >= 11 is 0. The molecule has 1 saturated heterocycles. The van der Waals surface area contributed by atoms with Crippen LogP contribution in [0.5, 0.6) is 0 Å². The van der Waals surface area contributed by atoms with Crippen molar-refractivity contribution in [3.05, 3.63) is 11.6 Å². The summed E-state index contributed by atoms with van der Waals surface area (Å²) in [6.07, 6.45) is 3.63. The van der Waals surface area contributed by atoms with E-state index in [1.807, 2.05) is 13.0 Å². The molecule has 0 amide bonds. The van der Waals surface area contributed by atoms with Gasteiger partial charge in [-0.3, -0.25) is 4.79 Å². The van der Waals surface area contributed by atoms with Gasteiger partial charge in [-0.05, 0) is 19.4 Å². The quantitative estimate of drug-likeness (QED) is 0.515. The zero-order valence-electron chi connectivity index (χ0n) is 9.32. The van der Waals surface area contributed by atoms with E-state index in [1.54, 1.807) is 0 Å². The highest BCUT2D eigenvalue weighted by molar-refractivity contribution is 5.66. The van der Waals surface area contributed by atoms with E-state index in [0.717, 1.165) is 12.8 Å². The number of carbonyl (C=O) groups excluding carboxylic acids is 1. The van der Waals surface area contributed by atoms with Gasteiger partial charge in [0.2, 0.25) is 0 Å². The van der Waals surface area contributed by atoms with Gasteiger partial charge in [0.15, 0.2) is 6.29 Å². The Kier molecular flexibility index (Phi) is 5.36. The second kappa shape index (κ2) is 6.58. The minimum atomic E-state index is -0.249. The Morgan fingerprint density at radius 2 is 2.07 bits per heavy atom. The van der Waals surface area contributed by atoms with Gasteiger partial charge in [-0.25, -0.2) is 0 Å². The first-order valence-corrected chi connectivity index (χ1v) is 5.20. The summed E-state index contributed by atoms with van der Waals surface area (Å²) in [6, 6.07) is 0. The number of hydrogen-bond donors (Lipinski definition) is 0. The van der Waals surface area contributed by atoms with Crippen molar-refractivity contribution in [2.24, 2.45) is 0 Å². The van der Waals surface area contributed by atoms with E-state index in [0.29, 0.717) is 19.8 Å². The maximum atomic E-state index is 10.5. The molecule has 0 saturated carbocycles. The van der Waals surface area contributed by atoms with E-state index < -0.39 is 0 Å². The Hall–Kier alpha value is -0.870. The third-order valence-electron chi connectivity index (χ3n) is 2.18. The van der Waals surface area contributed by atoms with Gasteiger partial charge in [-0.15, -0.1) is 0 Å². The highest BCUT2D eigenvalue weighted by atomic mass is 16.7. The average Bonchev–Trinajstić information content (AvgIpc) is 2.66. The first-order valence-electron chi connectivity index (χ1n) is 5.20. The molecule has 1 rings (SSSR count). The molecular formula is C11H18O4. The SMILES string of the molecule is CC(=O)OC/C=C(/C)CCC1OCCO1. The molecule has 0 aromatic carbocycles. The molecule has 1 aliphatic rings. The highest BCUT2D eigenvalue weighted by Gasteiger charge is 2.14. The zero-order chi connectivity index (χ0) is 11.1. The van der Waals surface area contributed by atoms with E-state index in [4.69, 9.17) is 14.2 Å². The van der Waals surface area contributed by atoms with Crippen LogP contribution in [0.25, 0.3) is 0 Å². The van der Waals surface area contributed by atoms with Crippen LogP contribution < -0.4 is 0 Å². The number of rotatable bonds is 5. The topological polar surface area (TPSA) is 44.8 Å². The predicted molar refractivity (Wildman–Crippen MR) is 55.3 cm³/mol. The van der Waals surface area contributed by atoms with Gasteiger partial charge in [0.05, 0.1) is 13.2 Å². The van der Waals surface area contributed by atoms with Crippen molar-refractivity contribution in [1.29, 1.82) is 0 Å². The number of hydrogen-bond acceptors (Lipinski definition) is 4. The Balaban J connectivity index is 2.10. The molecule has 0 spiro atoms. The van der Waals surface area contributed by atoms with Gasteiger partial charge in [-0.1, -0.05) is 5.57 Å². The first-order chi connectivity index (χ1) is 7.18. The average molecular weight is 214 g/mol. The molecule has 0 N–H and O–H groups in total. The minimum absolute atomic E-state index is 0.0536. The van der Waals surface area contributed by atoms with Crippen LogP contribution in [-0.4, -0.2) is 32.1 Å². The fraction of sp³-hybridized carbons (Fsp3) is 0.727. The first kappa shape index (κ1) is 12.2. The molecule has 0 aliphatic carbocycles. The molecule has 1 heterocycles. The lowest BCUT2D eigenvalue weighted by Gasteiger charge is -2.08. The van der Waals surface area contributed by atoms with E-state index in [9.17, 15) is 4.79 Å². The molecule has 0 unspecified atom stereocenters. The molecule has 0 atom stereocenters. The van der Waals surface area contributed by atoms with Crippen molar-refractivity contribution < 1.29 is 19.0 Å². The summed E-state index contributed by atoms with van der Waals surface area (Å²) in [4.78, 5) is 10.5. The lowest BCUT2D eigenvalue weighted by Crippen LogP contribution is -2.07. The zero-order valence-corrected chi connectivity index (χ0v) is 9.32. The second-order valence-electron chi connectivity index (χ2n) is 3.56. The van der Waals surface area contributed by atoms with Crippen molar-refractivity contribution in [2.75, 3.05) is 19.8 Å². The minimum Gasteiger partial charge on any atom is -0.462 e. The molecule has 86 valence electrons. The summed E-state index contributed by atoms with van der Waals surface area (Å²) < 4.78 is 15.4. The molecule has 15 heavy (non-hydrogen) atoms. The van der Waals surface area contributed by atoms with Crippen molar-refractivity contribution >= 4 is 5.97 Å². The monoisotopic (exact) mass is 214 g/mol. The van der Waals surface area contributed by atoms with Gasteiger partial charge in [0.1, 0.15) is 6.61 Å². The molecule has 1 fully saturated rings. The Morgan fingerprint density at radius 3 is 2.67 bits per heavy atom.